The zero-order valence-electron chi connectivity index (χ0n) is 35.9. The third kappa shape index (κ3) is 43.8. The predicted octanol–water partition coefficient (Wildman–Crippen LogP) is 15.9. The van der Waals surface area contributed by atoms with Crippen molar-refractivity contribution in [3.05, 3.63) is 0 Å². The van der Waals surface area contributed by atoms with Crippen LogP contribution < -0.4 is 0 Å². The lowest BCUT2D eigenvalue weighted by molar-refractivity contribution is -0.154. The van der Waals surface area contributed by atoms with Crippen molar-refractivity contribution >= 4 is 5.97 Å². The van der Waals surface area contributed by atoms with Crippen LogP contribution in [0.5, 0.6) is 0 Å². The zero-order valence-corrected chi connectivity index (χ0v) is 35.9. The van der Waals surface area contributed by atoms with Gasteiger partial charge in [-0.25, -0.2) is 0 Å². The van der Waals surface area contributed by atoms with Crippen molar-refractivity contribution in [3.8, 4) is 0 Å². The fourth-order valence-corrected chi connectivity index (χ4v) is 7.57. The number of carbonyl (C=O) groups excluding carboxylic acids is 1. The van der Waals surface area contributed by atoms with Gasteiger partial charge in [0.25, 0.3) is 0 Å². The van der Waals surface area contributed by atoms with Gasteiger partial charge in [0, 0.05) is 13.0 Å². The summed E-state index contributed by atoms with van der Waals surface area (Å²) in [5, 5.41) is 9.63. The highest BCUT2D eigenvalue weighted by molar-refractivity contribution is 5.69. The molecule has 4 heteroatoms. The molecule has 0 amide bonds. The Hall–Kier alpha value is -0.610. The third-order valence-corrected chi connectivity index (χ3v) is 11.2. The number of hydrogen-bond donors (Lipinski definition) is 1. The van der Waals surface area contributed by atoms with Crippen LogP contribution in [0.3, 0.4) is 0 Å². The summed E-state index contributed by atoms with van der Waals surface area (Å²) in [6.45, 7) is 5.42. The van der Waals surface area contributed by atoms with E-state index in [1.165, 1.54) is 238 Å². The molecule has 0 saturated heterocycles. The lowest BCUT2D eigenvalue weighted by Crippen LogP contribution is -2.27. The van der Waals surface area contributed by atoms with Gasteiger partial charge < -0.3 is 14.6 Å². The molecule has 4 nitrogen and oxygen atoms in total. The van der Waals surface area contributed by atoms with Crippen molar-refractivity contribution in [1.29, 1.82) is 0 Å². The third-order valence-electron chi connectivity index (χ3n) is 11.2. The second-order valence-corrected chi connectivity index (χ2v) is 16.6. The average molecular weight is 737 g/mol. The number of carbonyl (C=O) groups is 1. The van der Waals surface area contributed by atoms with E-state index in [2.05, 4.69) is 13.8 Å². The van der Waals surface area contributed by atoms with Gasteiger partial charge in [-0.2, -0.15) is 0 Å². The van der Waals surface area contributed by atoms with E-state index >= 15 is 0 Å². The molecule has 0 spiro atoms. The van der Waals surface area contributed by atoms with Crippen molar-refractivity contribution in [3.63, 3.8) is 0 Å². The minimum absolute atomic E-state index is 0.163. The first-order valence-corrected chi connectivity index (χ1v) is 24.1. The quantitative estimate of drug-likeness (QED) is 0.0499. The number of unbranched alkanes of at least 4 members (excludes halogenated alkanes) is 38. The summed E-state index contributed by atoms with van der Waals surface area (Å²) in [5.74, 6) is -0.191. The van der Waals surface area contributed by atoms with Crippen molar-refractivity contribution in [1.82, 2.24) is 0 Å². The summed E-state index contributed by atoms with van der Waals surface area (Å²) < 4.78 is 11.2. The van der Waals surface area contributed by atoms with Gasteiger partial charge >= 0.3 is 5.97 Å². The Kier molecular flexibility index (Phi) is 46.0. The molecule has 0 rings (SSSR count). The van der Waals surface area contributed by atoms with Crippen LogP contribution in [-0.2, 0) is 14.3 Å². The lowest BCUT2D eigenvalue weighted by atomic mass is 10.0. The molecule has 0 aromatic carbocycles. The summed E-state index contributed by atoms with van der Waals surface area (Å²) in [6, 6.07) is 0. The van der Waals surface area contributed by atoms with Gasteiger partial charge in [0.15, 0.2) is 0 Å². The molecule has 1 atom stereocenters. The minimum atomic E-state index is -0.525. The molecule has 0 saturated carbocycles. The Balaban J connectivity index is 3.33. The molecule has 312 valence electrons. The first-order chi connectivity index (χ1) is 25.7. The van der Waals surface area contributed by atoms with Gasteiger partial charge in [0.2, 0.25) is 0 Å². The normalized spacial score (nSPS) is 12.1. The minimum Gasteiger partial charge on any atom is -0.457 e. The molecule has 0 aliphatic rings. The molecule has 0 aromatic heterocycles. The maximum Gasteiger partial charge on any atom is 0.306 e. The SMILES string of the molecule is CCCCCCCCCCCCCCCCCCCCCCCCCC(=O)OC(CO)COCCCCCCCCCCCCCCCCCCC. The van der Waals surface area contributed by atoms with Gasteiger partial charge in [-0.05, 0) is 12.8 Å². The largest absolute Gasteiger partial charge is 0.457 e. The van der Waals surface area contributed by atoms with Gasteiger partial charge in [0.1, 0.15) is 6.10 Å². The summed E-state index contributed by atoms with van der Waals surface area (Å²) in [5.41, 5.74) is 0. The summed E-state index contributed by atoms with van der Waals surface area (Å²) in [6.07, 6.45) is 54.7. The summed E-state index contributed by atoms with van der Waals surface area (Å²) >= 11 is 0. The first-order valence-electron chi connectivity index (χ1n) is 24.1. The van der Waals surface area contributed by atoms with E-state index in [9.17, 15) is 9.90 Å². The Labute approximate surface area is 327 Å². The molecule has 1 N–H and O–H groups in total. The molecular weight excluding hydrogens is 641 g/mol. The molecule has 0 radical (unpaired) electrons. The van der Waals surface area contributed by atoms with Gasteiger partial charge in [-0.3, -0.25) is 4.79 Å². The molecule has 0 aliphatic heterocycles. The van der Waals surface area contributed by atoms with Crippen molar-refractivity contribution in [2.75, 3.05) is 19.8 Å². The maximum atomic E-state index is 12.2. The van der Waals surface area contributed by atoms with Crippen LogP contribution in [0.4, 0.5) is 0 Å². The smallest absolute Gasteiger partial charge is 0.306 e. The van der Waals surface area contributed by atoms with Gasteiger partial charge in [-0.1, -0.05) is 258 Å². The van der Waals surface area contributed by atoms with Crippen molar-refractivity contribution in [2.24, 2.45) is 0 Å². The monoisotopic (exact) mass is 737 g/mol. The molecular formula is C48H96O4. The molecule has 1 unspecified atom stereocenters. The highest BCUT2D eigenvalue weighted by Crippen LogP contribution is 2.17. The van der Waals surface area contributed by atoms with Gasteiger partial charge in [-0.15, -0.1) is 0 Å². The van der Waals surface area contributed by atoms with Gasteiger partial charge in [0.05, 0.1) is 13.2 Å². The molecule has 0 bridgehead atoms. The number of aliphatic hydroxyl groups is 1. The molecule has 0 aromatic rings. The van der Waals surface area contributed by atoms with E-state index in [-0.39, 0.29) is 12.6 Å². The fourth-order valence-electron chi connectivity index (χ4n) is 7.57. The van der Waals surface area contributed by atoms with E-state index in [1.54, 1.807) is 0 Å². The highest BCUT2D eigenvalue weighted by Gasteiger charge is 2.13. The maximum absolute atomic E-state index is 12.2. The van der Waals surface area contributed by atoms with E-state index in [0.717, 1.165) is 19.3 Å². The summed E-state index contributed by atoms with van der Waals surface area (Å²) in [4.78, 5) is 12.2. The van der Waals surface area contributed by atoms with Crippen LogP contribution in [0, 0.1) is 0 Å². The fraction of sp³-hybridized carbons (Fsp3) is 0.979. The Bertz CT molecular complexity index is 652. The zero-order chi connectivity index (χ0) is 37.7. The average Bonchev–Trinajstić information content (AvgIpc) is 3.15. The van der Waals surface area contributed by atoms with E-state index in [0.29, 0.717) is 19.6 Å². The lowest BCUT2D eigenvalue weighted by Gasteiger charge is -2.16. The molecule has 52 heavy (non-hydrogen) atoms. The second-order valence-electron chi connectivity index (χ2n) is 16.6. The topological polar surface area (TPSA) is 55.8 Å². The van der Waals surface area contributed by atoms with Crippen LogP contribution in [0.1, 0.15) is 277 Å². The number of ether oxygens (including phenoxy) is 2. The number of rotatable bonds is 46. The van der Waals surface area contributed by atoms with Crippen molar-refractivity contribution < 1.29 is 19.4 Å². The van der Waals surface area contributed by atoms with Crippen LogP contribution >= 0.6 is 0 Å². The van der Waals surface area contributed by atoms with E-state index < -0.39 is 6.10 Å². The van der Waals surface area contributed by atoms with Crippen LogP contribution in [-0.4, -0.2) is 37.0 Å². The molecule has 0 heterocycles. The number of esters is 1. The van der Waals surface area contributed by atoms with E-state index in [1.807, 2.05) is 0 Å². The Morgan fingerprint density at radius 3 is 0.904 bits per heavy atom. The predicted molar refractivity (Wildman–Crippen MR) is 228 cm³/mol. The number of aliphatic hydroxyl groups excluding tert-OH is 1. The molecule has 0 fully saturated rings. The van der Waals surface area contributed by atoms with Crippen LogP contribution in [0.2, 0.25) is 0 Å². The van der Waals surface area contributed by atoms with E-state index in [4.69, 9.17) is 9.47 Å². The first kappa shape index (κ1) is 51.4. The Morgan fingerprint density at radius 2 is 0.635 bits per heavy atom. The second kappa shape index (κ2) is 46.5. The van der Waals surface area contributed by atoms with Crippen LogP contribution in [0.15, 0.2) is 0 Å². The van der Waals surface area contributed by atoms with Crippen LogP contribution in [0.25, 0.3) is 0 Å². The standard InChI is InChI=1S/C48H96O4/c1-3-5-7-9-11-13-15-17-19-21-22-23-24-25-26-27-29-31-33-35-37-39-41-43-48(50)52-47(45-49)46-51-44-42-40-38-36-34-32-30-28-20-18-16-14-12-10-8-6-4-2/h47,49H,3-46H2,1-2H3. The highest BCUT2D eigenvalue weighted by atomic mass is 16.6. The molecule has 0 aliphatic carbocycles. The summed E-state index contributed by atoms with van der Waals surface area (Å²) in [7, 11) is 0. The van der Waals surface area contributed by atoms with Crippen molar-refractivity contribution in [2.45, 2.75) is 283 Å². The number of hydrogen-bond acceptors (Lipinski definition) is 4. The Morgan fingerprint density at radius 1 is 0.385 bits per heavy atom.